The van der Waals surface area contributed by atoms with Gasteiger partial charge in [-0.2, -0.15) is 0 Å². The topological polar surface area (TPSA) is 70.4 Å². The molecule has 2 N–H and O–H groups in total. The van der Waals surface area contributed by atoms with E-state index in [4.69, 9.17) is 5.11 Å². The molecule has 2 rings (SSSR count). The number of carbonyl (C=O) groups excluding carboxylic acids is 1. The van der Waals surface area contributed by atoms with Crippen LogP contribution in [0, 0.1) is 6.92 Å². The van der Waals surface area contributed by atoms with Crippen LogP contribution < -0.4 is 5.32 Å². The van der Waals surface area contributed by atoms with Crippen molar-refractivity contribution in [2.24, 2.45) is 0 Å². The van der Waals surface area contributed by atoms with Crippen LogP contribution in [0.2, 0.25) is 0 Å². The zero-order valence-corrected chi connectivity index (χ0v) is 13.2. The van der Waals surface area contributed by atoms with Gasteiger partial charge in [0.25, 0.3) is 0 Å². The summed E-state index contributed by atoms with van der Waals surface area (Å²) in [6, 6.07) is 7.85. The van der Waals surface area contributed by atoms with Gasteiger partial charge in [0.1, 0.15) is 5.82 Å². The van der Waals surface area contributed by atoms with Crippen molar-refractivity contribution in [2.75, 3.05) is 26.2 Å². The predicted octanol–water partition coefficient (Wildman–Crippen LogP) is 1.76. The minimum absolute atomic E-state index is 0.0152. The molecule has 1 aromatic heterocycles. The van der Waals surface area contributed by atoms with Gasteiger partial charge in [0, 0.05) is 26.2 Å². The van der Waals surface area contributed by atoms with Crippen LogP contribution in [0.5, 0.6) is 0 Å². The maximum atomic E-state index is 12.1. The smallest absolute Gasteiger partial charge is 0.317 e. The molecule has 0 saturated heterocycles. The number of nitrogens with one attached hydrogen (secondary N) is 1. The molecule has 0 bridgehead atoms. The summed E-state index contributed by atoms with van der Waals surface area (Å²) in [4.78, 5) is 18.2. The number of hydrogen-bond acceptors (Lipinski definition) is 3. The van der Waals surface area contributed by atoms with Gasteiger partial charge < -0.3 is 19.9 Å². The Hall–Kier alpha value is -2.08. The second-order valence-corrected chi connectivity index (χ2v) is 5.24. The molecular weight excluding hydrogens is 280 g/mol. The number of amides is 2. The number of aromatic nitrogens is 2. The lowest BCUT2D eigenvalue weighted by Gasteiger charge is -2.21. The molecule has 0 atom stereocenters. The monoisotopic (exact) mass is 304 g/mol. The van der Waals surface area contributed by atoms with Crippen molar-refractivity contribution in [1.82, 2.24) is 19.8 Å². The van der Waals surface area contributed by atoms with E-state index in [1.165, 1.54) is 0 Å². The third kappa shape index (κ3) is 3.76. The lowest BCUT2D eigenvalue weighted by Crippen LogP contribution is -2.42. The van der Waals surface area contributed by atoms with Gasteiger partial charge >= 0.3 is 6.03 Å². The molecule has 0 saturated carbocycles. The molecule has 2 aromatic rings. The largest absolute Gasteiger partial charge is 0.395 e. The van der Waals surface area contributed by atoms with Crippen molar-refractivity contribution >= 4 is 17.1 Å². The number of benzene rings is 1. The Morgan fingerprint density at radius 3 is 2.86 bits per heavy atom. The Kier molecular flexibility index (Phi) is 5.77. The highest BCUT2D eigenvalue weighted by Crippen LogP contribution is 2.14. The Labute approximate surface area is 130 Å². The number of nitrogens with zero attached hydrogens (tertiary/aromatic N) is 3. The zero-order chi connectivity index (χ0) is 15.9. The molecular formula is C16H24N4O2. The number of para-hydroxylation sites is 2. The van der Waals surface area contributed by atoms with Crippen molar-refractivity contribution in [3.63, 3.8) is 0 Å². The second-order valence-electron chi connectivity index (χ2n) is 5.24. The zero-order valence-electron chi connectivity index (χ0n) is 13.2. The van der Waals surface area contributed by atoms with Crippen LogP contribution in [0.25, 0.3) is 11.0 Å². The first kappa shape index (κ1) is 16.3. The maximum Gasteiger partial charge on any atom is 0.317 e. The molecule has 22 heavy (non-hydrogen) atoms. The van der Waals surface area contributed by atoms with Gasteiger partial charge in [0.05, 0.1) is 17.6 Å². The van der Waals surface area contributed by atoms with Crippen LogP contribution in [-0.4, -0.2) is 51.8 Å². The van der Waals surface area contributed by atoms with E-state index in [2.05, 4.69) is 14.9 Å². The highest BCUT2D eigenvalue weighted by Gasteiger charge is 2.12. The van der Waals surface area contributed by atoms with Crippen LogP contribution in [-0.2, 0) is 6.54 Å². The molecule has 0 radical (unpaired) electrons. The highest BCUT2D eigenvalue weighted by molar-refractivity contribution is 5.76. The molecule has 120 valence electrons. The van der Waals surface area contributed by atoms with Crippen molar-refractivity contribution in [3.8, 4) is 0 Å². The molecule has 1 aromatic carbocycles. The van der Waals surface area contributed by atoms with Crippen LogP contribution in [0.15, 0.2) is 24.3 Å². The number of aliphatic hydroxyl groups is 1. The van der Waals surface area contributed by atoms with E-state index in [1.54, 1.807) is 4.90 Å². The van der Waals surface area contributed by atoms with Crippen LogP contribution in [0.1, 0.15) is 19.2 Å². The van der Waals surface area contributed by atoms with Gasteiger partial charge in [-0.25, -0.2) is 9.78 Å². The lowest BCUT2D eigenvalue weighted by atomic mass is 10.3. The van der Waals surface area contributed by atoms with Gasteiger partial charge in [0.15, 0.2) is 0 Å². The van der Waals surface area contributed by atoms with Gasteiger partial charge in [0.2, 0.25) is 0 Å². The first-order chi connectivity index (χ1) is 10.7. The van der Waals surface area contributed by atoms with E-state index in [9.17, 15) is 4.79 Å². The van der Waals surface area contributed by atoms with Crippen LogP contribution in [0.4, 0.5) is 4.79 Å². The summed E-state index contributed by atoms with van der Waals surface area (Å²) in [5, 5.41) is 11.9. The summed E-state index contributed by atoms with van der Waals surface area (Å²) < 4.78 is 2.10. The molecule has 6 nitrogen and oxygen atoms in total. The fourth-order valence-corrected chi connectivity index (χ4v) is 2.57. The molecule has 0 aliphatic heterocycles. The van der Waals surface area contributed by atoms with Gasteiger partial charge in [-0.1, -0.05) is 19.1 Å². The number of imidazole rings is 1. The van der Waals surface area contributed by atoms with E-state index in [0.29, 0.717) is 26.2 Å². The van der Waals surface area contributed by atoms with Crippen LogP contribution in [0.3, 0.4) is 0 Å². The number of urea groups is 1. The molecule has 0 unspecified atom stereocenters. The summed E-state index contributed by atoms with van der Waals surface area (Å²) in [6.45, 7) is 6.20. The van der Waals surface area contributed by atoms with E-state index in [-0.39, 0.29) is 12.6 Å². The minimum atomic E-state index is -0.127. The number of carbonyl (C=O) groups is 1. The summed E-state index contributed by atoms with van der Waals surface area (Å²) in [7, 11) is 0. The van der Waals surface area contributed by atoms with E-state index in [1.807, 2.05) is 38.1 Å². The van der Waals surface area contributed by atoms with Crippen LogP contribution >= 0.6 is 0 Å². The molecule has 6 heteroatoms. The normalized spacial score (nSPS) is 10.9. The third-order valence-electron chi connectivity index (χ3n) is 3.61. The predicted molar refractivity (Wildman–Crippen MR) is 86.8 cm³/mol. The number of fused-ring (bicyclic) bond motifs is 1. The molecule has 0 aliphatic rings. The van der Waals surface area contributed by atoms with Crippen molar-refractivity contribution in [2.45, 2.75) is 26.8 Å². The SMILES string of the molecule is CCCN(CCO)C(=O)NCCn1c(C)nc2ccccc21. The Bertz CT molecular complexity index is 618. The maximum absolute atomic E-state index is 12.1. The van der Waals surface area contributed by atoms with Gasteiger partial charge in [-0.05, 0) is 25.5 Å². The van der Waals surface area contributed by atoms with Crippen molar-refractivity contribution in [3.05, 3.63) is 30.1 Å². The second kappa shape index (κ2) is 7.79. The number of aliphatic hydroxyl groups excluding tert-OH is 1. The van der Waals surface area contributed by atoms with Crippen molar-refractivity contribution in [1.29, 1.82) is 0 Å². The number of hydrogen-bond donors (Lipinski definition) is 2. The minimum Gasteiger partial charge on any atom is -0.395 e. The Morgan fingerprint density at radius 1 is 1.36 bits per heavy atom. The fourth-order valence-electron chi connectivity index (χ4n) is 2.57. The summed E-state index contributed by atoms with van der Waals surface area (Å²) in [5.41, 5.74) is 2.05. The summed E-state index contributed by atoms with van der Waals surface area (Å²) in [6.07, 6.45) is 0.874. The van der Waals surface area contributed by atoms with Gasteiger partial charge in [-0.3, -0.25) is 0 Å². The average molecular weight is 304 g/mol. The average Bonchev–Trinajstić information content (AvgIpc) is 2.83. The van der Waals surface area contributed by atoms with E-state index in [0.717, 1.165) is 23.3 Å². The highest BCUT2D eigenvalue weighted by atomic mass is 16.3. The molecule has 1 heterocycles. The lowest BCUT2D eigenvalue weighted by molar-refractivity contribution is 0.177. The first-order valence-electron chi connectivity index (χ1n) is 7.73. The van der Waals surface area contributed by atoms with E-state index < -0.39 is 0 Å². The molecule has 0 fully saturated rings. The molecule has 0 spiro atoms. The standard InChI is InChI=1S/C16H24N4O2/c1-3-9-19(11-12-21)16(22)17-8-10-20-13(2)18-14-6-4-5-7-15(14)20/h4-7,21H,3,8-12H2,1-2H3,(H,17,22). The summed E-state index contributed by atoms with van der Waals surface area (Å²) in [5.74, 6) is 0.941. The Balaban J connectivity index is 1.94. The first-order valence-corrected chi connectivity index (χ1v) is 7.73. The number of aryl methyl sites for hydroxylation is 1. The fraction of sp³-hybridized carbons (Fsp3) is 0.500. The quantitative estimate of drug-likeness (QED) is 0.819. The van der Waals surface area contributed by atoms with E-state index >= 15 is 0 Å². The Morgan fingerprint density at radius 2 is 2.14 bits per heavy atom. The number of rotatable bonds is 7. The molecule has 2 amide bonds. The van der Waals surface area contributed by atoms with Gasteiger partial charge in [-0.15, -0.1) is 0 Å². The van der Waals surface area contributed by atoms with Crippen molar-refractivity contribution < 1.29 is 9.90 Å². The summed E-state index contributed by atoms with van der Waals surface area (Å²) >= 11 is 0. The third-order valence-corrected chi connectivity index (χ3v) is 3.61. The molecule has 0 aliphatic carbocycles.